The molecule has 0 radical (unpaired) electrons. The Balaban J connectivity index is 1.75. The van der Waals surface area contributed by atoms with Crippen molar-refractivity contribution in [3.05, 3.63) is 83.6 Å². The van der Waals surface area contributed by atoms with Gasteiger partial charge in [0.05, 0.1) is 0 Å². The van der Waals surface area contributed by atoms with E-state index in [9.17, 15) is 9.59 Å². The topological polar surface area (TPSA) is 59.8 Å². The number of nitrogens with zero attached hydrogens (tertiary/aromatic N) is 1. The van der Waals surface area contributed by atoms with Crippen LogP contribution in [0.1, 0.15) is 27.8 Å². The Bertz CT molecular complexity index is 1210. The number of rotatable bonds is 4. The van der Waals surface area contributed by atoms with Gasteiger partial charge in [-0.3, -0.25) is 4.79 Å². The molecule has 3 aromatic carbocycles. The number of furan rings is 1. The predicted octanol–water partition coefficient (Wildman–Crippen LogP) is 4.88. The van der Waals surface area contributed by atoms with Crippen molar-refractivity contribution >= 4 is 33.6 Å². The zero-order valence-corrected chi connectivity index (χ0v) is 16.5. The van der Waals surface area contributed by atoms with Gasteiger partial charge in [0, 0.05) is 36.0 Å². The van der Waals surface area contributed by atoms with Crippen LogP contribution in [-0.2, 0) is 9.53 Å². The average Bonchev–Trinajstić information content (AvgIpc) is 3.09. The first-order valence-electron chi connectivity index (χ1n) is 9.35. The Labute approximate surface area is 168 Å². The van der Waals surface area contributed by atoms with Crippen LogP contribution < -0.4 is 0 Å². The second-order valence-corrected chi connectivity index (χ2v) is 7.15. The third-order valence-corrected chi connectivity index (χ3v) is 5.01. The molecule has 0 unspecified atom stereocenters. The molecule has 4 aromatic rings. The van der Waals surface area contributed by atoms with Crippen molar-refractivity contribution in [3.63, 3.8) is 0 Å². The van der Waals surface area contributed by atoms with Gasteiger partial charge in [0.25, 0.3) is 5.91 Å². The number of ether oxygens (including phenoxy) is 1. The maximum Gasteiger partial charge on any atom is 0.375 e. The standard InChI is InChI=1S/C24H21NO4/c1-15-18-14-13-16-9-7-8-12-19(16)22(18)28-20(15)24(27)29-21(23(26)25(2)3)17-10-5-4-6-11-17/h4-14,21H,1-3H3/t21-/m1/s1. The van der Waals surface area contributed by atoms with Gasteiger partial charge < -0.3 is 14.1 Å². The minimum absolute atomic E-state index is 0.115. The van der Waals surface area contributed by atoms with E-state index < -0.39 is 12.1 Å². The number of hydrogen-bond donors (Lipinski definition) is 0. The van der Waals surface area contributed by atoms with Crippen molar-refractivity contribution in [1.29, 1.82) is 0 Å². The van der Waals surface area contributed by atoms with Crippen LogP contribution in [0.5, 0.6) is 0 Å². The number of carbonyl (C=O) groups excluding carboxylic acids is 2. The highest BCUT2D eigenvalue weighted by atomic mass is 16.6. The summed E-state index contributed by atoms with van der Waals surface area (Å²) in [6.07, 6.45) is -1.04. The summed E-state index contributed by atoms with van der Waals surface area (Å²) >= 11 is 0. The van der Waals surface area contributed by atoms with Gasteiger partial charge in [-0.05, 0) is 12.3 Å². The Kier molecular flexibility index (Phi) is 4.80. The Morgan fingerprint density at radius 1 is 0.897 bits per heavy atom. The molecular formula is C24H21NO4. The van der Waals surface area contributed by atoms with Crippen LogP contribution in [0, 0.1) is 6.92 Å². The van der Waals surface area contributed by atoms with Crippen molar-refractivity contribution in [2.75, 3.05) is 14.1 Å². The van der Waals surface area contributed by atoms with Gasteiger partial charge >= 0.3 is 5.97 Å². The highest BCUT2D eigenvalue weighted by molar-refractivity contribution is 6.08. The zero-order chi connectivity index (χ0) is 20.5. The fourth-order valence-electron chi connectivity index (χ4n) is 3.43. The summed E-state index contributed by atoms with van der Waals surface area (Å²) in [4.78, 5) is 27.1. The molecule has 0 saturated heterocycles. The smallest absolute Gasteiger partial charge is 0.375 e. The number of esters is 1. The molecule has 0 spiro atoms. The predicted molar refractivity (Wildman–Crippen MR) is 112 cm³/mol. The molecule has 29 heavy (non-hydrogen) atoms. The van der Waals surface area contributed by atoms with Crippen LogP contribution in [0.4, 0.5) is 0 Å². The lowest BCUT2D eigenvalue weighted by atomic mass is 10.1. The minimum atomic E-state index is -1.04. The Hall–Kier alpha value is -3.60. The molecule has 1 aromatic heterocycles. The van der Waals surface area contributed by atoms with Gasteiger partial charge in [0.2, 0.25) is 11.9 Å². The lowest BCUT2D eigenvalue weighted by Gasteiger charge is -2.20. The average molecular weight is 387 g/mol. The number of aryl methyl sites for hydroxylation is 1. The van der Waals surface area contributed by atoms with Gasteiger partial charge in [-0.1, -0.05) is 66.7 Å². The SMILES string of the molecule is Cc1c(C(=O)O[C@@H](C(=O)N(C)C)c2ccccc2)oc2c1ccc1ccccc12. The lowest BCUT2D eigenvalue weighted by molar-refractivity contribution is -0.138. The molecule has 1 heterocycles. The number of hydrogen-bond acceptors (Lipinski definition) is 4. The minimum Gasteiger partial charge on any atom is -0.448 e. The van der Waals surface area contributed by atoms with E-state index in [1.165, 1.54) is 4.90 Å². The monoisotopic (exact) mass is 387 g/mol. The molecule has 4 rings (SSSR count). The molecule has 0 saturated carbocycles. The quantitative estimate of drug-likeness (QED) is 0.468. The van der Waals surface area contributed by atoms with Crippen molar-refractivity contribution in [2.45, 2.75) is 13.0 Å². The first kappa shape index (κ1) is 18.7. The number of fused-ring (bicyclic) bond motifs is 3. The molecule has 0 aliphatic heterocycles. The van der Waals surface area contributed by atoms with Crippen molar-refractivity contribution in [3.8, 4) is 0 Å². The number of benzene rings is 3. The molecule has 0 N–H and O–H groups in total. The summed E-state index contributed by atoms with van der Waals surface area (Å²) < 4.78 is 11.6. The molecule has 0 aliphatic carbocycles. The number of carbonyl (C=O) groups is 2. The van der Waals surface area contributed by atoms with Crippen LogP contribution in [0.3, 0.4) is 0 Å². The van der Waals surface area contributed by atoms with E-state index in [2.05, 4.69) is 0 Å². The van der Waals surface area contributed by atoms with Crippen LogP contribution >= 0.6 is 0 Å². The molecular weight excluding hydrogens is 366 g/mol. The Morgan fingerprint density at radius 3 is 2.31 bits per heavy atom. The molecule has 1 amide bonds. The van der Waals surface area contributed by atoms with E-state index in [0.717, 1.165) is 16.2 Å². The maximum absolute atomic E-state index is 13.0. The second kappa shape index (κ2) is 7.43. The normalized spacial score (nSPS) is 12.1. The summed E-state index contributed by atoms with van der Waals surface area (Å²) in [5.74, 6) is -0.862. The molecule has 5 heteroatoms. The summed E-state index contributed by atoms with van der Waals surface area (Å²) in [7, 11) is 3.26. The van der Waals surface area contributed by atoms with Crippen molar-refractivity contribution in [1.82, 2.24) is 4.90 Å². The van der Waals surface area contributed by atoms with E-state index in [0.29, 0.717) is 16.7 Å². The van der Waals surface area contributed by atoms with Gasteiger partial charge in [-0.15, -0.1) is 0 Å². The highest BCUT2D eigenvalue weighted by Crippen LogP contribution is 2.33. The van der Waals surface area contributed by atoms with E-state index in [1.807, 2.05) is 49.4 Å². The molecule has 146 valence electrons. The van der Waals surface area contributed by atoms with Crippen LogP contribution in [0.25, 0.3) is 21.7 Å². The molecule has 0 bridgehead atoms. The zero-order valence-electron chi connectivity index (χ0n) is 16.5. The van der Waals surface area contributed by atoms with Gasteiger partial charge in [0.15, 0.2) is 0 Å². The largest absolute Gasteiger partial charge is 0.448 e. The maximum atomic E-state index is 13.0. The fourth-order valence-corrected chi connectivity index (χ4v) is 3.43. The van der Waals surface area contributed by atoms with Crippen LogP contribution in [0.2, 0.25) is 0 Å². The number of likely N-dealkylation sites (N-methyl/N-ethyl adjacent to an activating group) is 1. The first-order valence-corrected chi connectivity index (χ1v) is 9.35. The van der Waals surface area contributed by atoms with E-state index >= 15 is 0 Å². The van der Waals surface area contributed by atoms with Gasteiger partial charge in [-0.2, -0.15) is 0 Å². The van der Waals surface area contributed by atoms with Crippen LogP contribution in [0.15, 0.2) is 71.1 Å². The van der Waals surface area contributed by atoms with Gasteiger partial charge in [0.1, 0.15) is 5.58 Å². The van der Waals surface area contributed by atoms with E-state index in [1.54, 1.807) is 38.4 Å². The number of amides is 1. The fraction of sp³-hybridized carbons (Fsp3) is 0.167. The summed E-state index contributed by atoms with van der Waals surface area (Å²) in [5.41, 5.74) is 1.95. The molecule has 0 fully saturated rings. The molecule has 0 aliphatic rings. The molecule has 5 nitrogen and oxygen atoms in total. The van der Waals surface area contributed by atoms with Crippen molar-refractivity contribution < 1.29 is 18.7 Å². The lowest BCUT2D eigenvalue weighted by Crippen LogP contribution is -2.31. The first-order chi connectivity index (χ1) is 14.0. The summed E-state index contributed by atoms with van der Waals surface area (Å²) in [6.45, 7) is 1.82. The van der Waals surface area contributed by atoms with Crippen LogP contribution in [-0.4, -0.2) is 30.9 Å². The second-order valence-electron chi connectivity index (χ2n) is 7.15. The van der Waals surface area contributed by atoms with Crippen molar-refractivity contribution in [2.24, 2.45) is 0 Å². The summed E-state index contributed by atoms with van der Waals surface area (Å²) in [6, 6.07) is 20.7. The summed E-state index contributed by atoms with van der Waals surface area (Å²) in [5, 5.41) is 2.81. The van der Waals surface area contributed by atoms with Gasteiger partial charge in [-0.25, -0.2) is 4.79 Å². The third-order valence-electron chi connectivity index (χ3n) is 5.01. The third kappa shape index (κ3) is 3.36. The molecule has 1 atom stereocenters. The van der Waals surface area contributed by atoms with E-state index in [4.69, 9.17) is 9.15 Å². The van der Waals surface area contributed by atoms with E-state index in [-0.39, 0.29) is 11.7 Å². The Morgan fingerprint density at radius 2 is 1.59 bits per heavy atom. The highest BCUT2D eigenvalue weighted by Gasteiger charge is 2.29.